The van der Waals surface area contributed by atoms with Gasteiger partial charge in [0, 0.05) is 0 Å². The third kappa shape index (κ3) is 1.50. The molecule has 0 aliphatic heterocycles. The fraction of sp³-hybridized carbons (Fsp3) is 0.727. The third-order valence-corrected chi connectivity index (χ3v) is 3.34. The summed E-state index contributed by atoms with van der Waals surface area (Å²) in [6.45, 7) is 6.27. The van der Waals surface area contributed by atoms with Crippen LogP contribution in [-0.4, -0.2) is 13.1 Å². The lowest BCUT2D eigenvalue weighted by atomic mass is 10.0. The van der Waals surface area contributed by atoms with Crippen LogP contribution in [0.3, 0.4) is 0 Å². The molecule has 3 unspecified atom stereocenters. The average molecular weight is 182 g/mol. The summed E-state index contributed by atoms with van der Waals surface area (Å²) in [4.78, 5) is 11.4. The predicted molar refractivity (Wildman–Crippen MR) is 52.2 cm³/mol. The number of methoxy groups -OCH3 is 1. The first-order valence-electron chi connectivity index (χ1n) is 4.82. The molecule has 74 valence electrons. The molecule has 0 saturated heterocycles. The molecule has 1 aliphatic rings. The molecule has 13 heavy (non-hydrogen) atoms. The first kappa shape index (κ1) is 10.3. The molecule has 0 aromatic heterocycles. The number of hydrogen-bond acceptors (Lipinski definition) is 2. The van der Waals surface area contributed by atoms with Crippen molar-refractivity contribution in [2.45, 2.75) is 27.2 Å². The monoisotopic (exact) mass is 182 g/mol. The van der Waals surface area contributed by atoms with Crippen molar-refractivity contribution in [3.8, 4) is 0 Å². The van der Waals surface area contributed by atoms with E-state index in [2.05, 4.69) is 19.9 Å². The highest BCUT2D eigenvalue weighted by atomic mass is 16.5. The molecule has 0 radical (unpaired) electrons. The molecule has 1 fully saturated rings. The van der Waals surface area contributed by atoms with Crippen molar-refractivity contribution in [2.24, 2.45) is 17.3 Å². The molecule has 3 atom stereocenters. The van der Waals surface area contributed by atoms with Crippen LogP contribution in [0.4, 0.5) is 0 Å². The van der Waals surface area contributed by atoms with Gasteiger partial charge in [0.15, 0.2) is 0 Å². The lowest BCUT2D eigenvalue weighted by Gasteiger charge is -2.04. The molecule has 2 nitrogen and oxygen atoms in total. The van der Waals surface area contributed by atoms with Crippen LogP contribution < -0.4 is 0 Å². The Kier molecular flexibility index (Phi) is 2.79. The number of ether oxygens (including phenoxy) is 1. The fourth-order valence-corrected chi connectivity index (χ4v) is 2.14. The van der Waals surface area contributed by atoms with Crippen LogP contribution in [-0.2, 0) is 9.53 Å². The topological polar surface area (TPSA) is 26.3 Å². The maximum Gasteiger partial charge on any atom is 0.309 e. The molecule has 1 rings (SSSR count). The molecule has 0 heterocycles. The lowest BCUT2D eigenvalue weighted by Crippen LogP contribution is -2.08. The van der Waals surface area contributed by atoms with E-state index >= 15 is 0 Å². The van der Waals surface area contributed by atoms with Crippen LogP contribution in [0.1, 0.15) is 27.2 Å². The second kappa shape index (κ2) is 3.52. The van der Waals surface area contributed by atoms with E-state index < -0.39 is 0 Å². The van der Waals surface area contributed by atoms with Gasteiger partial charge in [0.25, 0.3) is 0 Å². The largest absolute Gasteiger partial charge is 0.469 e. The van der Waals surface area contributed by atoms with Crippen LogP contribution in [0.15, 0.2) is 12.2 Å². The van der Waals surface area contributed by atoms with Gasteiger partial charge in [-0.25, -0.2) is 0 Å². The van der Waals surface area contributed by atoms with Gasteiger partial charge in [-0.3, -0.25) is 4.79 Å². The van der Waals surface area contributed by atoms with Crippen molar-refractivity contribution < 1.29 is 9.53 Å². The van der Waals surface area contributed by atoms with Gasteiger partial charge < -0.3 is 4.74 Å². The zero-order valence-electron chi connectivity index (χ0n) is 8.83. The van der Waals surface area contributed by atoms with Gasteiger partial charge >= 0.3 is 5.97 Å². The number of esters is 1. The number of carbonyl (C=O) groups is 1. The Labute approximate surface area is 80.0 Å². The van der Waals surface area contributed by atoms with Crippen LogP contribution >= 0.6 is 0 Å². The molecule has 0 spiro atoms. The minimum atomic E-state index is -0.0625. The Balaban J connectivity index is 2.72. The quantitative estimate of drug-likeness (QED) is 0.495. The van der Waals surface area contributed by atoms with Crippen molar-refractivity contribution in [3.05, 3.63) is 12.2 Å². The average Bonchev–Trinajstić information content (AvgIpc) is 2.72. The Morgan fingerprint density at radius 3 is 2.62 bits per heavy atom. The second-order valence-corrected chi connectivity index (χ2v) is 3.91. The first-order chi connectivity index (χ1) is 6.11. The Morgan fingerprint density at radius 1 is 1.62 bits per heavy atom. The van der Waals surface area contributed by atoms with Gasteiger partial charge in [0.05, 0.1) is 13.0 Å². The number of allylic oxidation sites excluding steroid dienone is 2. The summed E-state index contributed by atoms with van der Waals surface area (Å²) in [6, 6.07) is 0. The van der Waals surface area contributed by atoms with Gasteiger partial charge in [-0.05, 0) is 24.7 Å². The molecule has 2 heteroatoms. The third-order valence-electron chi connectivity index (χ3n) is 3.34. The molecule has 0 bridgehead atoms. The summed E-state index contributed by atoms with van der Waals surface area (Å²) in [5.74, 6) is 0.404. The normalized spacial score (nSPS) is 37.8. The molecule has 0 amide bonds. The second-order valence-electron chi connectivity index (χ2n) is 3.91. The van der Waals surface area contributed by atoms with Gasteiger partial charge in [0.1, 0.15) is 0 Å². The smallest absolute Gasteiger partial charge is 0.309 e. The highest BCUT2D eigenvalue weighted by Crippen LogP contribution is 2.61. The maximum atomic E-state index is 11.4. The molecular formula is C11H18O2. The lowest BCUT2D eigenvalue weighted by molar-refractivity contribution is -0.143. The van der Waals surface area contributed by atoms with E-state index in [0.717, 1.165) is 6.42 Å². The summed E-state index contributed by atoms with van der Waals surface area (Å²) >= 11 is 0. The van der Waals surface area contributed by atoms with E-state index in [1.807, 2.05) is 13.0 Å². The molecule has 0 aromatic carbocycles. The van der Waals surface area contributed by atoms with Crippen molar-refractivity contribution in [1.29, 1.82) is 0 Å². The van der Waals surface area contributed by atoms with E-state index in [1.54, 1.807) is 0 Å². The minimum absolute atomic E-state index is 0.0625. The maximum absolute atomic E-state index is 11.4. The summed E-state index contributed by atoms with van der Waals surface area (Å²) in [6.07, 6.45) is 5.16. The van der Waals surface area contributed by atoms with E-state index in [1.165, 1.54) is 7.11 Å². The van der Waals surface area contributed by atoms with Gasteiger partial charge in [0.2, 0.25) is 0 Å². The fourth-order valence-electron chi connectivity index (χ4n) is 2.14. The van der Waals surface area contributed by atoms with E-state index in [-0.39, 0.29) is 17.3 Å². The minimum Gasteiger partial charge on any atom is -0.469 e. The Morgan fingerprint density at radius 2 is 2.23 bits per heavy atom. The molecular weight excluding hydrogens is 164 g/mol. The van der Waals surface area contributed by atoms with Crippen molar-refractivity contribution in [1.82, 2.24) is 0 Å². The summed E-state index contributed by atoms with van der Waals surface area (Å²) in [5, 5.41) is 0. The van der Waals surface area contributed by atoms with Gasteiger partial charge in [-0.1, -0.05) is 26.0 Å². The molecule has 0 N–H and O–H groups in total. The highest BCUT2D eigenvalue weighted by molar-refractivity contribution is 5.78. The van der Waals surface area contributed by atoms with Crippen LogP contribution in [0, 0.1) is 17.3 Å². The van der Waals surface area contributed by atoms with Crippen LogP contribution in [0.2, 0.25) is 0 Å². The van der Waals surface area contributed by atoms with Crippen molar-refractivity contribution >= 4 is 5.97 Å². The van der Waals surface area contributed by atoms with Crippen molar-refractivity contribution in [3.63, 3.8) is 0 Å². The van der Waals surface area contributed by atoms with Gasteiger partial charge in [-0.2, -0.15) is 0 Å². The highest BCUT2D eigenvalue weighted by Gasteiger charge is 2.62. The van der Waals surface area contributed by atoms with E-state index in [9.17, 15) is 4.79 Å². The van der Waals surface area contributed by atoms with Crippen LogP contribution in [0.5, 0.6) is 0 Å². The van der Waals surface area contributed by atoms with Crippen LogP contribution in [0.25, 0.3) is 0 Å². The zero-order chi connectivity index (χ0) is 10.1. The first-order valence-corrected chi connectivity index (χ1v) is 4.82. The molecule has 1 aliphatic carbocycles. The number of hydrogen-bond donors (Lipinski definition) is 0. The summed E-state index contributed by atoms with van der Waals surface area (Å²) in [7, 11) is 1.46. The SMILES string of the molecule is CC=CC1C(C(=O)OC)C1(C)CC. The standard InChI is InChI=1S/C11H18O2/c1-5-7-8-9(10(12)13-4)11(8,3)6-2/h5,7-9H,6H2,1-4H3. The zero-order valence-corrected chi connectivity index (χ0v) is 8.83. The molecule has 0 aromatic rings. The number of rotatable bonds is 3. The molecule has 1 saturated carbocycles. The van der Waals surface area contributed by atoms with E-state index in [4.69, 9.17) is 4.74 Å². The van der Waals surface area contributed by atoms with Gasteiger partial charge in [-0.15, -0.1) is 0 Å². The summed E-state index contributed by atoms with van der Waals surface area (Å²) in [5.41, 5.74) is 0.138. The Bertz CT molecular complexity index is 232. The van der Waals surface area contributed by atoms with Crippen molar-refractivity contribution in [2.75, 3.05) is 7.11 Å². The summed E-state index contributed by atoms with van der Waals surface area (Å²) < 4.78 is 4.78. The Hall–Kier alpha value is -0.790. The predicted octanol–water partition coefficient (Wildman–Crippen LogP) is 2.40. The van der Waals surface area contributed by atoms with E-state index in [0.29, 0.717) is 5.92 Å². The number of carbonyl (C=O) groups excluding carboxylic acids is 1.